The van der Waals surface area contributed by atoms with Crippen LogP contribution in [0.2, 0.25) is 0 Å². The number of aryl methyl sites for hydroxylation is 2. The van der Waals surface area contributed by atoms with E-state index in [2.05, 4.69) is 19.9 Å². The normalized spacial score (nSPS) is 18.3. The molecule has 0 bridgehead atoms. The average molecular weight is 299 g/mol. The SMILES string of the molecule is Cc1cnc(C(=O)N2CCO[C@H](c3nccc(C)n3)C2)cn1. The fraction of sp³-hybridized carbons (Fsp3) is 0.400. The lowest BCUT2D eigenvalue weighted by atomic mass is 10.2. The first-order valence-corrected chi connectivity index (χ1v) is 7.12. The van der Waals surface area contributed by atoms with Crippen LogP contribution in [-0.2, 0) is 4.74 Å². The van der Waals surface area contributed by atoms with Gasteiger partial charge in [0.25, 0.3) is 5.91 Å². The van der Waals surface area contributed by atoms with Crippen molar-refractivity contribution >= 4 is 5.91 Å². The Hall–Kier alpha value is -2.41. The quantitative estimate of drug-likeness (QED) is 0.826. The first kappa shape index (κ1) is 14.5. The molecule has 0 unspecified atom stereocenters. The van der Waals surface area contributed by atoms with E-state index in [9.17, 15) is 4.79 Å². The number of rotatable bonds is 2. The highest BCUT2D eigenvalue weighted by Gasteiger charge is 2.28. The highest BCUT2D eigenvalue weighted by molar-refractivity contribution is 5.92. The van der Waals surface area contributed by atoms with Crippen LogP contribution in [0.3, 0.4) is 0 Å². The fourth-order valence-electron chi connectivity index (χ4n) is 2.28. The maximum absolute atomic E-state index is 12.5. The number of hydrogen-bond acceptors (Lipinski definition) is 6. The molecule has 0 saturated carbocycles. The van der Waals surface area contributed by atoms with E-state index >= 15 is 0 Å². The molecule has 2 aromatic heterocycles. The molecular formula is C15H17N5O2. The van der Waals surface area contributed by atoms with Crippen molar-refractivity contribution in [1.29, 1.82) is 0 Å². The summed E-state index contributed by atoms with van der Waals surface area (Å²) in [5.74, 6) is 0.459. The lowest BCUT2D eigenvalue weighted by molar-refractivity contribution is -0.0270. The molecule has 1 saturated heterocycles. The molecule has 7 nitrogen and oxygen atoms in total. The van der Waals surface area contributed by atoms with Crippen LogP contribution < -0.4 is 0 Å². The predicted octanol–water partition coefficient (Wildman–Crippen LogP) is 1.10. The molecule has 22 heavy (non-hydrogen) atoms. The monoisotopic (exact) mass is 299 g/mol. The summed E-state index contributed by atoms with van der Waals surface area (Å²) in [6, 6.07) is 1.83. The summed E-state index contributed by atoms with van der Waals surface area (Å²) in [7, 11) is 0. The molecule has 3 rings (SSSR count). The summed E-state index contributed by atoms with van der Waals surface area (Å²) >= 11 is 0. The Kier molecular flexibility index (Phi) is 4.06. The van der Waals surface area contributed by atoms with E-state index in [1.807, 2.05) is 19.9 Å². The van der Waals surface area contributed by atoms with Crippen LogP contribution >= 0.6 is 0 Å². The smallest absolute Gasteiger partial charge is 0.274 e. The summed E-state index contributed by atoms with van der Waals surface area (Å²) in [5.41, 5.74) is 2.00. The Balaban J connectivity index is 1.75. The van der Waals surface area contributed by atoms with Crippen LogP contribution in [0.25, 0.3) is 0 Å². The van der Waals surface area contributed by atoms with E-state index in [0.717, 1.165) is 11.4 Å². The second-order valence-electron chi connectivity index (χ2n) is 5.21. The van der Waals surface area contributed by atoms with Crippen LogP contribution in [0, 0.1) is 13.8 Å². The summed E-state index contributed by atoms with van der Waals surface area (Å²) in [5, 5.41) is 0. The van der Waals surface area contributed by atoms with Crippen LogP contribution in [0.4, 0.5) is 0 Å². The standard InChI is InChI=1S/C15H17N5O2/c1-10-3-4-16-14(19-10)13-9-20(5-6-22-13)15(21)12-8-17-11(2)7-18-12/h3-4,7-8,13H,5-6,9H2,1-2H3/t13-/m0/s1. The number of hydrogen-bond donors (Lipinski definition) is 0. The van der Waals surface area contributed by atoms with Gasteiger partial charge in [-0.3, -0.25) is 9.78 Å². The highest BCUT2D eigenvalue weighted by atomic mass is 16.5. The third-order valence-electron chi connectivity index (χ3n) is 3.46. The summed E-state index contributed by atoms with van der Waals surface area (Å²) in [6.07, 6.45) is 4.49. The third-order valence-corrected chi connectivity index (χ3v) is 3.46. The summed E-state index contributed by atoms with van der Waals surface area (Å²) in [4.78, 5) is 31.1. The van der Waals surface area contributed by atoms with Crippen molar-refractivity contribution in [3.8, 4) is 0 Å². The van der Waals surface area contributed by atoms with E-state index in [4.69, 9.17) is 4.74 Å². The van der Waals surface area contributed by atoms with Gasteiger partial charge in [0.15, 0.2) is 5.82 Å². The van der Waals surface area contributed by atoms with Crippen molar-refractivity contribution in [3.05, 3.63) is 47.6 Å². The number of amides is 1. The number of carbonyl (C=O) groups excluding carboxylic acids is 1. The molecule has 1 fully saturated rings. The predicted molar refractivity (Wildman–Crippen MR) is 78.1 cm³/mol. The topological polar surface area (TPSA) is 81.1 Å². The van der Waals surface area contributed by atoms with Crippen molar-refractivity contribution in [2.24, 2.45) is 0 Å². The molecular weight excluding hydrogens is 282 g/mol. The van der Waals surface area contributed by atoms with Gasteiger partial charge < -0.3 is 9.64 Å². The molecule has 0 aromatic carbocycles. The molecule has 0 aliphatic carbocycles. The number of nitrogens with zero attached hydrogens (tertiary/aromatic N) is 5. The van der Waals surface area contributed by atoms with E-state index in [0.29, 0.717) is 31.2 Å². The van der Waals surface area contributed by atoms with Crippen LogP contribution in [0.5, 0.6) is 0 Å². The maximum Gasteiger partial charge on any atom is 0.274 e. The van der Waals surface area contributed by atoms with Gasteiger partial charge >= 0.3 is 0 Å². The zero-order chi connectivity index (χ0) is 15.5. The highest BCUT2D eigenvalue weighted by Crippen LogP contribution is 2.20. The number of morpholine rings is 1. The fourth-order valence-corrected chi connectivity index (χ4v) is 2.28. The van der Waals surface area contributed by atoms with Crippen molar-refractivity contribution in [3.63, 3.8) is 0 Å². The van der Waals surface area contributed by atoms with Gasteiger partial charge in [0.1, 0.15) is 11.8 Å². The van der Waals surface area contributed by atoms with Crippen molar-refractivity contribution in [2.75, 3.05) is 19.7 Å². The lowest BCUT2D eigenvalue weighted by Gasteiger charge is -2.31. The minimum Gasteiger partial charge on any atom is -0.367 e. The van der Waals surface area contributed by atoms with Gasteiger partial charge in [0.2, 0.25) is 0 Å². The molecule has 7 heteroatoms. The van der Waals surface area contributed by atoms with E-state index in [-0.39, 0.29) is 12.0 Å². The number of carbonyl (C=O) groups is 1. The molecule has 1 atom stereocenters. The molecule has 0 radical (unpaired) electrons. The Labute approximate surface area is 128 Å². The van der Waals surface area contributed by atoms with Gasteiger partial charge in [-0.1, -0.05) is 0 Å². The van der Waals surface area contributed by atoms with Gasteiger partial charge in [-0.25, -0.2) is 15.0 Å². The second-order valence-corrected chi connectivity index (χ2v) is 5.21. The van der Waals surface area contributed by atoms with Crippen LogP contribution in [-0.4, -0.2) is 50.4 Å². The van der Waals surface area contributed by atoms with Crippen molar-refractivity contribution in [2.45, 2.75) is 20.0 Å². The minimum atomic E-state index is -0.309. The third kappa shape index (κ3) is 3.09. The molecule has 2 aromatic rings. The Morgan fingerprint density at radius 1 is 1.23 bits per heavy atom. The first-order chi connectivity index (χ1) is 10.6. The zero-order valence-electron chi connectivity index (χ0n) is 12.6. The van der Waals surface area contributed by atoms with E-state index < -0.39 is 0 Å². The van der Waals surface area contributed by atoms with Crippen molar-refractivity contribution in [1.82, 2.24) is 24.8 Å². The van der Waals surface area contributed by atoms with Crippen LogP contribution in [0.1, 0.15) is 33.8 Å². The average Bonchev–Trinajstić information content (AvgIpc) is 2.55. The molecule has 114 valence electrons. The van der Waals surface area contributed by atoms with Gasteiger partial charge in [0, 0.05) is 24.6 Å². The van der Waals surface area contributed by atoms with E-state index in [1.165, 1.54) is 6.20 Å². The van der Waals surface area contributed by atoms with Gasteiger partial charge in [0.05, 0.1) is 25.0 Å². The molecule has 3 heterocycles. The minimum absolute atomic E-state index is 0.145. The lowest BCUT2D eigenvalue weighted by Crippen LogP contribution is -2.43. The Morgan fingerprint density at radius 2 is 2.09 bits per heavy atom. The van der Waals surface area contributed by atoms with Crippen LogP contribution in [0.15, 0.2) is 24.7 Å². The largest absolute Gasteiger partial charge is 0.367 e. The summed E-state index contributed by atoms with van der Waals surface area (Å²) < 4.78 is 5.70. The molecule has 1 amide bonds. The van der Waals surface area contributed by atoms with Gasteiger partial charge in [-0.2, -0.15) is 0 Å². The summed E-state index contributed by atoms with van der Waals surface area (Å²) in [6.45, 7) is 5.13. The van der Waals surface area contributed by atoms with Gasteiger partial charge in [-0.15, -0.1) is 0 Å². The molecule has 1 aliphatic heterocycles. The zero-order valence-corrected chi connectivity index (χ0v) is 12.6. The number of aromatic nitrogens is 4. The second kappa shape index (κ2) is 6.15. The van der Waals surface area contributed by atoms with Gasteiger partial charge in [-0.05, 0) is 19.9 Å². The maximum atomic E-state index is 12.5. The first-order valence-electron chi connectivity index (χ1n) is 7.12. The molecule has 0 spiro atoms. The molecule has 0 N–H and O–H groups in total. The molecule has 1 aliphatic rings. The Bertz CT molecular complexity index is 674. The van der Waals surface area contributed by atoms with Crippen molar-refractivity contribution < 1.29 is 9.53 Å². The Morgan fingerprint density at radius 3 is 2.82 bits per heavy atom. The number of ether oxygens (including phenoxy) is 1. The van der Waals surface area contributed by atoms with E-state index in [1.54, 1.807) is 17.3 Å².